The minimum absolute atomic E-state index is 0.160. The second-order valence-electron chi connectivity index (χ2n) is 2.87. The Morgan fingerprint density at radius 1 is 1.24 bits per heavy atom. The van der Waals surface area contributed by atoms with Crippen LogP contribution in [0.5, 0.6) is 0 Å². The monoisotopic (exact) mass is 244 g/mol. The summed E-state index contributed by atoms with van der Waals surface area (Å²) in [5.41, 5.74) is 10.4. The van der Waals surface area contributed by atoms with Gasteiger partial charge in [-0.1, -0.05) is 6.42 Å². The predicted octanol–water partition coefficient (Wildman–Crippen LogP) is -0.857. The van der Waals surface area contributed by atoms with Gasteiger partial charge in [-0.25, -0.2) is 9.59 Å². The van der Waals surface area contributed by atoms with E-state index in [1.54, 1.807) is 0 Å². The lowest BCUT2D eigenvalue weighted by Gasteiger charge is -2.03. The molecule has 0 aliphatic rings. The highest BCUT2D eigenvalue weighted by Crippen LogP contribution is 1.96. The molecule has 8 heteroatoms. The van der Waals surface area contributed by atoms with Crippen LogP contribution in [-0.4, -0.2) is 42.5 Å². The number of unbranched alkanes of at least 4 members (excludes halogenated alkanes) is 1. The summed E-state index contributed by atoms with van der Waals surface area (Å²) in [5, 5.41) is 8.33. The molecule has 0 unspecified atom stereocenters. The van der Waals surface area contributed by atoms with Crippen LogP contribution in [0.4, 0.5) is 0 Å². The molecule has 96 valence electrons. The third kappa shape index (κ3) is 16.8. The fraction of sp³-hybridized carbons (Fsp3) is 0.667. The van der Waals surface area contributed by atoms with Crippen molar-refractivity contribution >= 4 is 18.1 Å². The van der Waals surface area contributed by atoms with Gasteiger partial charge in [0, 0.05) is 0 Å². The van der Waals surface area contributed by atoms with E-state index >= 15 is 0 Å². The second-order valence-corrected chi connectivity index (χ2v) is 2.87. The van der Waals surface area contributed by atoms with Crippen LogP contribution < -0.4 is 11.5 Å². The zero-order chi connectivity index (χ0) is 13.5. The van der Waals surface area contributed by atoms with Gasteiger partial charge in [0.25, 0.3) is 0 Å². The molecule has 0 aliphatic carbocycles. The normalized spacial score (nSPS) is 10.0. The molecule has 0 bridgehead atoms. The van der Waals surface area contributed by atoms with Crippen molar-refractivity contribution in [2.45, 2.75) is 25.3 Å². The molecule has 0 aromatic carbocycles. The van der Waals surface area contributed by atoms with Crippen LogP contribution in [0.25, 0.3) is 0 Å². The standard InChI is InChI=1S/C6H14N2O2.C3H2N2O2/c7-4-2-1-3-5(8)6(9)10;6-2-4-1-5-3-7/h5H,1-4,7-8H2,(H,9,10);1H2/t5-;/m0./s1. The predicted molar refractivity (Wildman–Crippen MR) is 59.6 cm³/mol. The van der Waals surface area contributed by atoms with Crippen molar-refractivity contribution in [2.24, 2.45) is 21.5 Å². The van der Waals surface area contributed by atoms with Gasteiger partial charge >= 0.3 is 5.97 Å². The van der Waals surface area contributed by atoms with Crippen LogP contribution in [0.15, 0.2) is 9.98 Å². The molecule has 0 saturated heterocycles. The molecule has 0 aromatic rings. The van der Waals surface area contributed by atoms with E-state index in [-0.39, 0.29) is 6.67 Å². The molecular formula is C9H16N4O4. The van der Waals surface area contributed by atoms with E-state index < -0.39 is 12.0 Å². The van der Waals surface area contributed by atoms with Crippen molar-refractivity contribution in [2.75, 3.05) is 13.2 Å². The van der Waals surface area contributed by atoms with Gasteiger partial charge in [0.2, 0.25) is 12.2 Å². The summed E-state index contributed by atoms with van der Waals surface area (Å²) in [4.78, 5) is 34.4. The minimum Gasteiger partial charge on any atom is -0.480 e. The average Bonchev–Trinajstić information content (AvgIpc) is 2.30. The van der Waals surface area contributed by atoms with Gasteiger partial charge in [-0.05, 0) is 19.4 Å². The van der Waals surface area contributed by atoms with Crippen molar-refractivity contribution in [1.82, 2.24) is 0 Å². The van der Waals surface area contributed by atoms with Crippen molar-refractivity contribution in [3.05, 3.63) is 0 Å². The van der Waals surface area contributed by atoms with Crippen LogP contribution in [0.1, 0.15) is 19.3 Å². The van der Waals surface area contributed by atoms with Gasteiger partial charge in [-0.2, -0.15) is 9.98 Å². The number of nitrogens with two attached hydrogens (primary N) is 2. The van der Waals surface area contributed by atoms with Gasteiger partial charge < -0.3 is 16.6 Å². The zero-order valence-electron chi connectivity index (χ0n) is 9.33. The molecule has 0 fully saturated rings. The lowest BCUT2D eigenvalue weighted by molar-refractivity contribution is -0.138. The first kappa shape index (κ1) is 17.5. The molecule has 5 N–H and O–H groups in total. The molecule has 0 spiro atoms. The van der Waals surface area contributed by atoms with Crippen LogP contribution in [0.2, 0.25) is 0 Å². The molecule has 17 heavy (non-hydrogen) atoms. The van der Waals surface area contributed by atoms with Crippen molar-refractivity contribution in [3.8, 4) is 0 Å². The van der Waals surface area contributed by atoms with Gasteiger partial charge in [0.05, 0.1) is 0 Å². The Kier molecular flexibility index (Phi) is 14.6. The van der Waals surface area contributed by atoms with Gasteiger partial charge in [-0.15, -0.1) is 0 Å². The Labute approximate surface area is 98.4 Å². The zero-order valence-corrected chi connectivity index (χ0v) is 9.33. The summed E-state index contributed by atoms with van der Waals surface area (Å²) in [6, 6.07) is -0.716. The largest absolute Gasteiger partial charge is 0.480 e. The number of rotatable bonds is 7. The van der Waals surface area contributed by atoms with Crippen LogP contribution in [-0.2, 0) is 14.4 Å². The van der Waals surface area contributed by atoms with Crippen LogP contribution >= 0.6 is 0 Å². The maximum atomic E-state index is 10.1. The Bertz CT molecular complexity index is 279. The number of carbonyl (C=O) groups excluding carboxylic acids is 2. The van der Waals surface area contributed by atoms with E-state index in [2.05, 4.69) is 9.98 Å². The topological polar surface area (TPSA) is 148 Å². The number of carbonyl (C=O) groups is 1. The smallest absolute Gasteiger partial charge is 0.320 e. The maximum Gasteiger partial charge on any atom is 0.320 e. The van der Waals surface area contributed by atoms with Crippen LogP contribution in [0, 0.1) is 0 Å². The molecule has 8 nitrogen and oxygen atoms in total. The lowest BCUT2D eigenvalue weighted by Crippen LogP contribution is -2.29. The highest BCUT2D eigenvalue weighted by Gasteiger charge is 2.09. The second kappa shape index (κ2) is 14.2. The number of nitrogens with zero attached hydrogens (tertiary/aromatic N) is 2. The minimum atomic E-state index is -0.933. The van der Waals surface area contributed by atoms with E-state index in [1.165, 1.54) is 12.2 Å². The molecule has 0 saturated carbocycles. The Balaban J connectivity index is 0. The molecule has 0 rings (SSSR count). The van der Waals surface area contributed by atoms with Crippen molar-refractivity contribution in [3.63, 3.8) is 0 Å². The number of aliphatic carboxylic acids is 1. The molecule has 0 radical (unpaired) electrons. The Morgan fingerprint density at radius 3 is 2.12 bits per heavy atom. The summed E-state index contributed by atoms with van der Waals surface area (Å²) in [7, 11) is 0. The Morgan fingerprint density at radius 2 is 1.76 bits per heavy atom. The molecule has 0 aliphatic heterocycles. The molecule has 0 amide bonds. The average molecular weight is 244 g/mol. The molecule has 0 aromatic heterocycles. The summed E-state index contributed by atoms with van der Waals surface area (Å²) < 4.78 is 0. The van der Waals surface area contributed by atoms with E-state index in [0.29, 0.717) is 13.0 Å². The van der Waals surface area contributed by atoms with E-state index in [0.717, 1.165) is 12.8 Å². The van der Waals surface area contributed by atoms with Gasteiger partial charge in [0.15, 0.2) is 6.67 Å². The Hall–Kier alpha value is -1.85. The van der Waals surface area contributed by atoms with Crippen molar-refractivity contribution < 1.29 is 19.5 Å². The first-order valence-electron chi connectivity index (χ1n) is 4.85. The molecule has 0 heterocycles. The van der Waals surface area contributed by atoms with Gasteiger partial charge in [0.1, 0.15) is 6.04 Å². The fourth-order valence-corrected chi connectivity index (χ4v) is 0.725. The van der Waals surface area contributed by atoms with Crippen molar-refractivity contribution in [1.29, 1.82) is 0 Å². The fourth-order valence-electron chi connectivity index (χ4n) is 0.725. The number of hydrogen-bond donors (Lipinski definition) is 3. The number of isocyanates is 2. The SMILES string of the molecule is NCCCC[C@H](N)C(=O)O.O=C=NCN=C=O. The summed E-state index contributed by atoms with van der Waals surface area (Å²) >= 11 is 0. The van der Waals surface area contributed by atoms with Gasteiger partial charge in [-0.3, -0.25) is 4.79 Å². The summed E-state index contributed by atoms with van der Waals surface area (Å²) in [6.07, 6.45) is 4.57. The van der Waals surface area contributed by atoms with Crippen LogP contribution in [0.3, 0.4) is 0 Å². The first-order chi connectivity index (χ1) is 8.09. The quantitative estimate of drug-likeness (QED) is 0.301. The molecule has 1 atom stereocenters. The lowest BCUT2D eigenvalue weighted by atomic mass is 10.1. The number of carboxylic acid groups (broad SMARTS) is 1. The number of carboxylic acids is 1. The number of aliphatic imine (C=N–C) groups is 2. The maximum absolute atomic E-state index is 10.1. The number of hydrogen-bond acceptors (Lipinski definition) is 7. The van der Waals surface area contributed by atoms with E-state index in [9.17, 15) is 14.4 Å². The third-order valence-corrected chi connectivity index (χ3v) is 1.56. The van der Waals surface area contributed by atoms with E-state index in [1.807, 2.05) is 0 Å². The third-order valence-electron chi connectivity index (χ3n) is 1.56. The van der Waals surface area contributed by atoms with E-state index in [4.69, 9.17) is 16.6 Å². The molecular weight excluding hydrogens is 228 g/mol. The highest BCUT2D eigenvalue weighted by molar-refractivity contribution is 5.72. The summed E-state index contributed by atoms with van der Waals surface area (Å²) in [5.74, 6) is -0.933. The summed E-state index contributed by atoms with van der Waals surface area (Å²) in [6.45, 7) is 0.444. The first-order valence-corrected chi connectivity index (χ1v) is 4.85. The highest BCUT2D eigenvalue weighted by atomic mass is 16.4.